The Kier molecular flexibility index (Phi) is 5.46. The smallest absolute Gasteiger partial charge is 0.257 e. The topological polar surface area (TPSA) is 72.2 Å². The van der Waals surface area contributed by atoms with Crippen LogP contribution in [0.2, 0.25) is 5.02 Å². The molecule has 0 aromatic heterocycles. The zero-order valence-corrected chi connectivity index (χ0v) is 12.9. The molecule has 0 aliphatic rings. The van der Waals surface area contributed by atoms with Crippen molar-refractivity contribution in [3.8, 4) is 0 Å². The van der Waals surface area contributed by atoms with Crippen molar-refractivity contribution in [1.82, 2.24) is 5.32 Å². The number of amides is 2. The molecule has 2 amide bonds. The quantitative estimate of drug-likeness (QED) is 0.864. The van der Waals surface area contributed by atoms with Crippen LogP contribution in [-0.2, 0) is 11.2 Å². The zero-order valence-electron chi connectivity index (χ0n) is 12.2. The molecule has 126 valence electrons. The van der Waals surface area contributed by atoms with E-state index in [1.54, 1.807) is 24.3 Å². The second-order valence-corrected chi connectivity index (χ2v) is 5.38. The highest BCUT2D eigenvalue weighted by atomic mass is 35.5. The highest BCUT2D eigenvalue weighted by Crippen LogP contribution is 2.18. The first-order chi connectivity index (χ1) is 11.3. The number of hydrogen-bond donors (Lipinski definition) is 2. The minimum atomic E-state index is -1.38. The predicted molar refractivity (Wildman–Crippen MR) is 81.9 cm³/mol. The van der Waals surface area contributed by atoms with Crippen molar-refractivity contribution in [2.24, 2.45) is 5.73 Å². The molecule has 8 heteroatoms. The van der Waals surface area contributed by atoms with E-state index in [1.165, 1.54) is 0 Å². The largest absolute Gasteiger partial charge is 0.368 e. The van der Waals surface area contributed by atoms with Crippen LogP contribution in [0.4, 0.5) is 13.2 Å². The zero-order chi connectivity index (χ0) is 17.9. The summed E-state index contributed by atoms with van der Waals surface area (Å²) in [5, 5.41) is 2.48. The molecule has 0 saturated heterocycles. The summed E-state index contributed by atoms with van der Waals surface area (Å²) in [6.45, 7) is 0. The van der Waals surface area contributed by atoms with E-state index in [2.05, 4.69) is 5.32 Å². The molecule has 4 nitrogen and oxygen atoms in total. The summed E-state index contributed by atoms with van der Waals surface area (Å²) >= 11 is 5.97. The van der Waals surface area contributed by atoms with Crippen LogP contribution in [-0.4, -0.2) is 17.9 Å². The Hall–Kier alpha value is -2.54. The molecule has 24 heavy (non-hydrogen) atoms. The molecule has 0 radical (unpaired) electrons. The average Bonchev–Trinajstić information content (AvgIpc) is 2.47. The first kappa shape index (κ1) is 17.8. The van der Waals surface area contributed by atoms with Gasteiger partial charge in [-0.05, 0) is 11.6 Å². The van der Waals surface area contributed by atoms with Gasteiger partial charge < -0.3 is 11.1 Å². The predicted octanol–water partition coefficient (Wildman–Crippen LogP) is 2.58. The molecule has 0 heterocycles. The minimum Gasteiger partial charge on any atom is -0.368 e. The number of rotatable bonds is 5. The summed E-state index contributed by atoms with van der Waals surface area (Å²) in [4.78, 5) is 23.6. The Morgan fingerprint density at radius 2 is 1.71 bits per heavy atom. The third kappa shape index (κ3) is 4.05. The summed E-state index contributed by atoms with van der Waals surface area (Å²) in [6, 6.07) is 6.02. The van der Waals surface area contributed by atoms with Crippen LogP contribution in [0.25, 0.3) is 0 Å². The molecule has 0 aliphatic heterocycles. The number of benzene rings is 2. The average molecular weight is 357 g/mol. The minimum absolute atomic E-state index is 0.0643. The molecule has 0 saturated carbocycles. The number of nitrogens with two attached hydrogens (primary N) is 1. The van der Waals surface area contributed by atoms with E-state index in [-0.39, 0.29) is 6.42 Å². The molecule has 0 spiro atoms. The molecule has 0 aliphatic carbocycles. The van der Waals surface area contributed by atoms with Crippen LogP contribution in [0.1, 0.15) is 15.9 Å². The lowest BCUT2D eigenvalue weighted by Crippen LogP contribution is -2.46. The maximum Gasteiger partial charge on any atom is 0.257 e. The first-order valence-corrected chi connectivity index (χ1v) is 7.15. The molecular formula is C16H12ClF3N2O2. The normalized spacial score (nSPS) is 11.8. The van der Waals surface area contributed by atoms with Gasteiger partial charge in [-0.25, -0.2) is 13.2 Å². The van der Waals surface area contributed by atoms with Gasteiger partial charge in [-0.1, -0.05) is 29.8 Å². The summed E-state index contributed by atoms with van der Waals surface area (Å²) in [5.41, 5.74) is 4.74. The summed E-state index contributed by atoms with van der Waals surface area (Å²) in [6.07, 6.45) is -0.0643. The molecule has 2 rings (SSSR count). The van der Waals surface area contributed by atoms with Gasteiger partial charge in [-0.15, -0.1) is 0 Å². The van der Waals surface area contributed by atoms with Gasteiger partial charge in [-0.2, -0.15) is 0 Å². The monoisotopic (exact) mass is 356 g/mol. The van der Waals surface area contributed by atoms with Crippen molar-refractivity contribution in [2.75, 3.05) is 0 Å². The molecule has 0 unspecified atom stereocenters. The SMILES string of the molecule is NC(=O)[C@H](Cc1ccccc1Cl)NC(=O)c1c(F)cc(F)cc1F. The molecule has 0 fully saturated rings. The number of carbonyl (C=O) groups excluding carboxylic acids is 2. The van der Waals surface area contributed by atoms with Crippen LogP contribution >= 0.6 is 11.6 Å². The van der Waals surface area contributed by atoms with Crippen LogP contribution in [0, 0.1) is 17.5 Å². The van der Waals surface area contributed by atoms with Crippen molar-refractivity contribution in [1.29, 1.82) is 0 Å². The van der Waals surface area contributed by atoms with Gasteiger partial charge in [0.2, 0.25) is 5.91 Å². The van der Waals surface area contributed by atoms with Crippen molar-refractivity contribution in [2.45, 2.75) is 12.5 Å². The maximum absolute atomic E-state index is 13.6. The van der Waals surface area contributed by atoms with Crippen molar-refractivity contribution in [3.63, 3.8) is 0 Å². The Balaban J connectivity index is 2.24. The summed E-state index contributed by atoms with van der Waals surface area (Å²) in [5.74, 6) is -6.06. The second kappa shape index (κ2) is 7.35. The molecule has 3 N–H and O–H groups in total. The highest BCUT2D eigenvalue weighted by molar-refractivity contribution is 6.31. The van der Waals surface area contributed by atoms with Crippen LogP contribution in [0.3, 0.4) is 0 Å². The van der Waals surface area contributed by atoms with E-state index in [0.29, 0.717) is 22.7 Å². The van der Waals surface area contributed by atoms with E-state index in [1.807, 2.05) is 0 Å². The fraction of sp³-hybridized carbons (Fsp3) is 0.125. The molecular weight excluding hydrogens is 345 g/mol. The Morgan fingerprint density at radius 3 is 2.25 bits per heavy atom. The first-order valence-electron chi connectivity index (χ1n) is 6.77. The fourth-order valence-electron chi connectivity index (χ4n) is 2.10. The highest BCUT2D eigenvalue weighted by Gasteiger charge is 2.25. The number of carbonyl (C=O) groups is 2. The Bertz CT molecular complexity index is 776. The Morgan fingerprint density at radius 1 is 1.12 bits per heavy atom. The maximum atomic E-state index is 13.6. The van der Waals surface area contributed by atoms with E-state index in [9.17, 15) is 22.8 Å². The van der Waals surface area contributed by atoms with Gasteiger partial charge in [0.05, 0.1) is 0 Å². The summed E-state index contributed by atoms with van der Waals surface area (Å²) in [7, 11) is 0. The van der Waals surface area contributed by atoms with Crippen LogP contribution in [0.15, 0.2) is 36.4 Å². The lowest BCUT2D eigenvalue weighted by atomic mass is 10.0. The fourth-order valence-corrected chi connectivity index (χ4v) is 2.31. The van der Waals surface area contributed by atoms with Gasteiger partial charge in [0.25, 0.3) is 5.91 Å². The van der Waals surface area contributed by atoms with Crippen LogP contribution < -0.4 is 11.1 Å². The lowest BCUT2D eigenvalue weighted by molar-refractivity contribution is -0.119. The van der Waals surface area contributed by atoms with E-state index < -0.39 is 40.9 Å². The number of nitrogens with one attached hydrogen (secondary N) is 1. The molecule has 0 bridgehead atoms. The van der Waals surface area contributed by atoms with E-state index >= 15 is 0 Å². The third-order valence-corrected chi connectivity index (χ3v) is 3.63. The van der Waals surface area contributed by atoms with Gasteiger partial charge in [0.1, 0.15) is 29.1 Å². The Labute approximate surface area is 140 Å². The summed E-state index contributed by atoms with van der Waals surface area (Å²) < 4.78 is 40.1. The second-order valence-electron chi connectivity index (χ2n) is 4.97. The molecule has 2 aromatic rings. The third-order valence-electron chi connectivity index (χ3n) is 3.26. The number of primary amides is 1. The lowest BCUT2D eigenvalue weighted by Gasteiger charge is -2.17. The number of hydrogen-bond acceptors (Lipinski definition) is 2. The van der Waals surface area contributed by atoms with Gasteiger partial charge in [-0.3, -0.25) is 9.59 Å². The van der Waals surface area contributed by atoms with Crippen molar-refractivity contribution < 1.29 is 22.8 Å². The van der Waals surface area contributed by atoms with Gasteiger partial charge in [0.15, 0.2) is 0 Å². The molecule has 2 aromatic carbocycles. The van der Waals surface area contributed by atoms with Crippen molar-refractivity contribution >= 4 is 23.4 Å². The van der Waals surface area contributed by atoms with Crippen LogP contribution in [0.5, 0.6) is 0 Å². The number of halogens is 4. The van der Waals surface area contributed by atoms with Crippen molar-refractivity contribution in [3.05, 3.63) is 70.0 Å². The van der Waals surface area contributed by atoms with Gasteiger partial charge in [0, 0.05) is 23.6 Å². The molecule has 1 atom stereocenters. The van der Waals surface area contributed by atoms with E-state index in [0.717, 1.165) is 0 Å². The van der Waals surface area contributed by atoms with Gasteiger partial charge >= 0.3 is 0 Å². The van der Waals surface area contributed by atoms with E-state index in [4.69, 9.17) is 17.3 Å². The standard InChI is InChI=1S/C16H12ClF3N2O2/c17-10-4-2-1-3-8(10)5-13(15(21)23)22-16(24)14-11(19)6-9(18)7-12(14)20/h1-4,6-7,13H,5H2,(H2,21,23)(H,22,24)/t13-/m0/s1.